The second-order valence-corrected chi connectivity index (χ2v) is 5.39. The fourth-order valence-corrected chi connectivity index (χ4v) is 2.74. The highest BCUT2D eigenvalue weighted by atomic mass is 32.1. The van der Waals surface area contributed by atoms with Crippen molar-refractivity contribution >= 4 is 23.2 Å². The average Bonchev–Trinajstić information content (AvgIpc) is 2.83. The van der Waals surface area contributed by atoms with E-state index in [1.165, 1.54) is 23.2 Å². The standard InChI is InChI=1S/C14H14N2O3S/c1-9-5-7-20-11(9)8-16(2)13(17)12-10(14(18)19)4-3-6-15-12/h3-7H,8H2,1-2H3,(H,18,19). The van der Waals surface area contributed by atoms with Crippen molar-refractivity contribution in [1.29, 1.82) is 0 Å². The van der Waals surface area contributed by atoms with Crippen LogP contribution in [0.3, 0.4) is 0 Å². The Labute approximate surface area is 120 Å². The maximum atomic E-state index is 12.3. The Morgan fingerprint density at radius 3 is 2.75 bits per heavy atom. The molecule has 0 unspecified atom stereocenters. The van der Waals surface area contributed by atoms with E-state index in [4.69, 9.17) is 5.11 Å². The minimum absolute atomic E-state index is 0.0308. The Hall–Kier alpha value is -2.21. The summed E-state index contributed by atoms with van der Waals surface area (Å²) in [4.78, 5) is 29.9. The van der Waals surface area contributed by atoms with Crippen molar-refractivity contribution < 1.29 is 14.7 Å². The molecule has 5 nitrogen and oxygen atoms in total. The van der Waals surface area contributed by atoms with Crippen LogP contribution in [-0.2, 0) is 6.54 Å². The first kappa shape index (κ1) is 14.2. The molecule has 0 atom stereocenters. The Balaban J connectivity index is 2.23. The number of carbonyl (C=O) groups excluding carboxylic acids is 1. The molecule has 0 aliphatic carbocycles. The van der Waals surface area contributed by atoms with Crippen LogP contribution in [0.15, 0.2) is 29.8 Å². The van der Waals surface area contributed by atoms with Crippen LogP contribution in [0.25, 0.3) is 0 Å². The minimum Gasteiger partial charge on any atom is -0.478 e. The number of nitrogens with zero attached hydrogens (tertiary/aromatic N) is 2. The number of aromatic carboxylic acids is 1. The topological polar surface area (TPSA) is 70.5 Å². The molecule has 20 heavy (non-hydrogen) atoms. The van der Waals surface area contributed by atoms with Crippen molar-refractivity contribution in [2.24, 2.45) is 0 Å². The summed E-state index contributed by atoms with van der Waals surface area (Å²) < 4.78 is 0. The van der Waals surface area contributed by atoms with Gasteiger partial charge in [-0.05, 0) is 36.1 Å². The number of carboxylic acids is 1. The van der Waals surface area contributed by atoms with Crippen LogP contribution < -0.4 is 0 Å². The molecule has 6 heteroatoms. The monoisotopic (exact) mass is 290 g/mol. The van der Waals surface area contributed by atoms with Crippen molar-refractivity contribution in [3.8, 4) is 0 Å². The van der Waals surface area contributed by atoms with E-state index in [0.29, 0.717) is 6.54 Å². The number of hydrogen-bond donors (Lipinski definition) is 1. The van der Waals surface area contributed by atoms with Crippen LogP contribution in [0.5, 0.6) is 0 Å². The van der Waals surface area contributed by atoms with Gasteiger partial charge in [-0.15, -0.1) is 11.3 Å². The molecular weight excluding hydrogens is 276 g/mol. The predicted octanol–water partition coefficient (Wildman–Crippen LogP) is 2.42. The zero-order valence-electron chi connectivity index (χ0n) is 11.2. The first-order chi connectivity index (χ1) is 9.50. The first-order valence-electron chi connectivity index (χ1n) is 5.97. The largest absolute Gasteiger partial charge is 0.478 e. The van der Waals surface area contributed by atoms with Gasteiger partial charge in [0.1, 0.15) is 5.69 Å². The normalized spacial score (nSPS) is 10.3. The number of amides is 1. The molecule has 0 spiro atoms. The number of carbonyl (C=O) groups is 2. The molecule has 104 valence electrons. The molecule has 2 aromatic rings. The number of hydrogen-bond acceptors (Lipinski definition) is 4. The average molecular weight is 290 g/mol. The molecule has 2 rings (SSSR count). The van der Waals surface area contributed by atoms with E-state index in [1.54, 1.807) is 18.4 Å². The van der Waals surface area contributed by atoms with Crippen LogP contribution >= 0.6 is 11.3 Å². The Bertz CT molecular complexity index is 651. The fourth-order valence-electron chi connectivity index (χ4n) is 1.78. The smallest absolute Gasteiger partial charge is 0.338 e. The predicted molar refractivity (Wildman–Crippen MR) is 76.0 cm³/mol. The lowest BCUT2D eigenvalue weighted by molar-refractivity contribution is 0.0678. The summed E-state index contributed by atoms with van der Waals surface area (Å²) in [6, 6.07) is 4.87. The van der Waals surface area contributed by atoms with Gasteiger partial charge in [0.15, 0.2) is 0 Å². The molecule has 0 bridgehead atoms. The van der Waals surface area contributed by atoms with E-state index < -0.39 is 11.9 Å². The lowest BCUT2D eigenvalue weighted by Crippen LogP contribution is -2.28. The summed E-state index contributed by atoms with van der Waals surface area (Å²) >= 11 is 1.57. The van der Waals surface area contributed by atoms with E-state index in [0.717, 1.165) is 10.4 Å². The van der Waals surface area contributed by atoms with Gasteiger partial charge in [-0.1, -0.05) is 0 Å². The van der Waals surface area contributed by atoms with Gasteiger partial charge in [0.2, 0.25) is 0 Å². The van der Waals surface area contributed by atoms with E-state index in [9.17, 15) is 9.59 Å². The van der Waals surface area contributed by atoms with Gasteiger partial charge in [-0.2, -0.15) is 0 Å². The van der Waals surface area contributed by atoms with E-state index in [1.807, 2.05) is 18.4 Å². The molecule has 0 saturated heterocycles. The summed E-state index contributed by atoms with van der Waals surface area (Å²) in [5.41, 5.74) is 1.01. The number of aryl methyl sites for hydroxylation is 1. The molecule has 0 saturated carbocycles. The first-order valence-corrected chi connectivity index (χ1v) is 6.85. The van der Waals surface area contributed by atoms with Crippen molar-refractivity contribution in [1.82, 2.24) is 9.88 Å². The molecular formula is C14H14N2O3S. The minimum atomic E-state index is -1.15. The molecule has 2 heterocycles. The van der Waals surface area contributed by atoms with Crippen molar-refractivity contribution in [3.63, 3.8) is 0 Å². The third-order valence-electron chi connectivity index (χ3n) is 2.94. The summed E-state index contributed by atoms with van der Waals surface area (Å²) in [6.07, 6.45) is 1.42. The third kappa shape index (κ3) is 2.85. The maximum absolute atomic E-state index is 12.3. The second kappa shape index (κ2) is 5.83. The van der Waals surface area contributed by atoms with Gasteiger partial charge in [0.25, 0.3) is 5.91 Å². The van der Waals surface area contributed by atoms with E-state index in [-0.39, 0.29) is 11.3 Å². The van der Waals surface area contributed by atoms with Gasteiger partial charge in [0.05, 0.1) is 12.1 Å². The summed E-state index contributed by atoms with van der Waals surface area (Å²) in [7, 11) is 1.64. The highest BCUT2D eigenvalue weighted by Crippen LogP contribution is 2.18. The third-order valence-corrected chi connectivity index (χ3v) is 3.94. The Morgan fingerprint density at radius 2 is 2.15 bits per heavy atom. The molecule has 0 aromatic carbocycles. The van der Waals surface area contributed by atoms with Gasteiger partial charge < -0.3 is 10.0 Å². The van der Waals surface area contributed by atoms with Crippen LogP contribution in [0.1, 0.15) is 31.3 Å². The van der Waals surface area contributed by atoms with Gasteiger partial charge in [-0.3, -0.25) is 9.78 Å². The Kier molecular flexibility index (Phi) is 4.14. The highest BCUT2D eigenvalue weighted by molar-refractivity contribution is 7.10. The van der Waals surface area contributed by atoms with Gasteiger partial charge in [-0.25, -0.2) is 4.79 Å². The van der Waals surface area contributed by atoms with Crippen molar-refractivity contribution in [3.05, 3.63) is 51.5 Å². The molecule has 0 radical (unpaired) electrons. The summed E-state index contributed by atoms with van der Waals surface area (Å²) in [5, 5.41) is 11.1. The van der Waals surface area contributed by atoms with E-state index in [2.05, 4.69) is 4.98 Å². The number of carboxylic acid groups (broad SMARTS) is 1. The Morgan fingerprint density at radius 1 is 1.40 bits per heavy atom. The second-order valence-electron chi connectivity index (χ2n) is 4.39. The zero-order chi connectivity index (χ0) is 14.7. The molecule has 2 aromatic heterocycles. The molecule has 1 N–H and O–H groups in total. The lowest BCUT2D eigenvalue weighted by Gasteiger charge is -2.17. The molecule has 0 fully saturated rings. The zero-order valence-corrected chi connectivity index (χ0v) is 12.0. The van der Waals surface area contributed by atoms with Gasteiger partial charge in [0, 0.05) is 18.1 Å². The van der Waals surface area contributed by atoms with Crippen molar-refractivity contribution in [2.75, 3.05) is 7.05 Å². The number of rotatable bonds is 4. The molecule has 0 aliphatic heterocycles. The van der Waals surface area contributed by atoms with Crippen LogP contribution in [0, 0.1) is 6.92 Å². The van der Waals surface area contributed by atoms with Crippen molar-refractivity contribution in [2.45, 2.75) is 13.5 Å². The number of aromatic nitrogens is 1. The summed E-state index contributed by atoms with van der Waals surface area (Å²) in [5.74, 6) is -1.54. The van der Waals surface area contributed by atoms with Crippen LogP contribution in [0.4, 0.5) is 0 Å². The number of pyridine rings is 1. The molecule has 0 aliphatic rings. The molecule has 1 amide bonds. The highest BCUT2D eigenvalue weighted by Gasteiger charge is 2.21. The maximum Gasteiger partial charge on any atom is 0.338 e. The van der Waals surface area contributed by atoms with Crippen LogP contribution in [-0.4, -0.2) is 33.9 Å². The number of thiophene rings is 1. The summed E-state index contributed by atoms with van der Waals surface area (Å²) in [6.45, 7) is 2.42. The fraction of sp³-hybridized carbons (Fsp3) is 0.214. The quantitative estimate of drug-likeness (QED) is 0.938. The lowest BCUT2D eigenvalue weighted by atomic mass is 10.1. The van der Waals surface area contributed by atoms with E-state index >= 15 is 0 Å². The SMILES string of the molecule is Cc1ccsc1CN(C)C(=O)c1ncccc1C(=O)O. The van der Waals surface area contributed by atoms with Gasteiger partial charge >= 0.3 is 5.97 Å². The van der Waals surface area contributed by atoms with Crippen LogP contribution in [0.2, 0.25) is 0 Å².